The number of carboxylic acids is 1. The molecule has 1 saturated carbocycles. The Balaban J connectivity index is 2.79. The topological polar surface area (TPSA) is 57.5 Å². The first kappa shape index (κ1) is 11.5. The predicted octanol–water partition coefficient (Wildman–Crippen LogP) is 2.04. The van der Waals surface area contributed by atoms with Gasteiger partial charge in [0.05, 0.1) is 11.5 Å². The van der Waals surface area contributed by atoms with Crippen LogP contribution in [0.2, 0.25) is 0 Å². The van der Waals surface area contributed by atoms with Crippen LogP contribution in [0, 0.1) is 11.8 Å². The highest BCUT2D eigenvalue weighted by Gasteiger charge is 2.43. The van der Waals surface area contributed by atoms with Gasteiger partial charge in [-0.05, 0) is 18.8 Å². The molecular weight excluding hydrogens is 180 g/mol. The summed E-state index contributed by atoms with van der Waals surface area (Å²) in [4.78, 5) is 11.1. The maximum absolute atomic E-state index is 11.1. The lowest BCUT2D eigenvalue weighted by molar-refractivity contribution is -0.158. The lowest BCUT2D eigenvalue weighted by Gasteiger charge is -2.38. The average molecular weight is 200 g/mol. The molecule has 1 unspecified atom stereocenters. The van der Waals surface area contributed by atoms with E-state index < -0.39 is 17.5 Å². The van der Waals surface area contributed by atoms with Gasteiger partial charge in [0.1, 0.15) is 0 Å². The van der Waals surface area contributed by atoms with Gasteiger partial charge in [0, 0.05) is 0 Å². The number of rotatable bonds is 3. The van der Waals surface area contributed by atoms with Crippen molar-refractivity contribution in [3.8, 4) is 0 Å². The second-order valence-corrected chi connectivity index (χ2v) is 4.72. The first-order valence-electron chi connectivity index (χ1n) is 5.42. The maximum atomic E-state index is 11.1. The standard InChI is InChI=1S/C11H20O3/c1-8(2)9(10(12)13)11(14)6-4-3-5-7-11/h8-9,14H,3-7H2,1-2H3,(H,12,13). The number of carboxylic acid groups (broad SMARTS) is 1. The predicted molar refractivity (Wildman–Crippen MR) is 54.0 cm³/mol. The highest BCUT2D eigenvalue weighted by atomic mass is 16.4. The Morgan fingerprint density at radius 2 is 1.71 bits per heavy atom. The normalized spacial score (nSPS) is 23.4. The molecule has 2 N–H and O–H groups in total. The smallest absolute Gasteiger partial charge is 0.309 e. The summed E-state index contributed by atoms with van der Waals surface area (Å²) < 4.78 is 0. The minimum atomic E-state index is -0.960. The van der Waals surface area contributed by atoms with Gasteiger partial charge in [0.15, 0.2) is 0 Å². The van der Waals surface area contributed by atoms with Crippen molar-refractivity contribution in [3.63, 3.8) is 0 Å². The van der Waals surface area contributed by atoms with Crippen molar-refractivity contribution in [1.82, 2.24) is 0 Å². The molecule has 0 aromatic rings. The minimum Gasteiger partial charge on any atom is -0.481 e. The molecule has 0 spiro atoms. The molecular formula is C11H20O3. The minimum absolute atomic E-state index is 0.00407. The Kier molecular flexibility index (Phi) is 3.53. The largest absolute Gasteiger partial charge is 0.481 e. The Labute approximate surface area is 85.1 Å². The first-order chi connectivity index (χ1) is 6.47. The van der Waals surface area contributed by atoms with E-state index in [4.69, 9.17) is 5.11 Å². The monoisotopic (exact) mass is 200 g/mol. The number of aliphatic carboxylic acids is 1. The van der Waals surface area contributed by atoms with Gasteiger partial charge in [-0.15, -0.1) is 0 Å². The highest BCUT2D eigenvalue weighted by Crippen LogP contribution is 2.37. The molecule has 0 radical (unpaired) electrons. The van der Waals surface area contributed by atoms with Gasteiger partial charge in [-0.3, -0.25) is 4.79 Å². The Morgan fingerprint density at radius 3 is 2.07 bits per heavy atom. The van der Waals surface area contributed by atoms with E-state index in [0.717, 1.165) is 19.3 Å². The molecule has 1 fully saturated rings. The Hall–Kier alpha value is -0.570. The van der Waals surface area contributed by atoms with Crippen LogP contribution < -0.4 is 0 Å². The molecule has 82 valence electrons. The third-order valence-electron chi connectivity index (χ3n) is 3.23. The summed E-state index contributed by atoms with van der Waals surface area (Å²) in [6.45, 7) is 3.73. The fourth-order valence-corrected chi connectivity index (χ4v) is 2.61. The van der Waals surface area contributed by atoms with E-state index in [2.05, 4.69) is 0 Å². The third-order valence-corrected chi connectivity index (χ3v) is 3.23. The SMILES string of the molecule is CC(C)C(C(=O)O)C1(O)CCCCC1. The van der Waals surface area contributed by atoms with Crippen molar-refractivity contribution < 1.29 is 15.0 Å². The zero-order chi connectivity index (χ0) is 10.8. The average Bonchev–Trinajstić information content (AvgIpc) is 2.02. The fraction of sp³-hybridized carbons (Fsp3) is 0.909. The van der Waals surface area contributed by atoms with E-state index >= 15 is 0 Å². The van der Waals surface area contributed by atoms with E-state index in [1.54, 1.807) is 0 Å². The second kappa shape index (κ2) is 4.30. The van der Waals surface area contributed by atoms with Gasteiger partial charge in [0.25, 0.3) is 0 Å². The molecule has 1 aliphatic rings. The molecule has 3 heteroatoms. The zero-order valence-electron chi connectivity index (χ0n) is 8.99. The first-order valence-corrected chi connectivity index (χ1v) is 5.42. The number of hydrogen-bond acceptors (Lipinski definition) is 2. The van der Waals surface area contributed by atoms with Crippen LogP contribution in [-0.4, -0.2) is 21.8 Å². The second-order valence-electron chi connectivity index (χ2n) is 4.72. The van der Waals surface area contributed by atoms with Crippen LogP contribution in [0.1, 0.15) is 46.0 Å². The van der Waals surface area contributed by atoms with Crippen LogP contribution in [0.3, 0.4) is 0 Å². The van der Waals surface area contributed by atoms with Crippen molar-refractivity contribution in [2.45, 2.75) is 51.6 Å². The molecule has 3 nitrogen and oxygen atoms in total. The highest BCUT2D eigenvalue weighted by molar-refractivity contribution is 5.71. The van der Waals surface area contributed by atoms with E-state index in [1.807, 2.05) is 13.8 Å². The quantitative estimate of drug-likeness (QED) is 0.733. The van der Waals surface area contributed by atoms with Gasteiger partial charge >= 0.3 is 5.97 Å². The molecule has 0 saturated heterocycles. The van der Waals surface area contributed by atoms with E-state index in [1.165, 1.54) is 0 Å². The summed E-state index contributed by atoms with van der Waals surface area (Å²) in [6.07, 6.45) is 4.30. The molecule has 14 heavy (non-hydrogen) atoms. The zero-order valence-corrected chi connectivity index (χ0v) is 8.99. The van der Waals surface area contributed by atoms with Crippen molar-refractivity contribution in [2.24, 2.45) is 11.8 Å². The lowest BCUT2D eigenvalue weighted by atomic mass is 9.71. The lowest BCUT2D eigenvalue weighted by Crippen LogP contribution is -2.46. The van der Waals surface area contributed by atoms with Crippen LogP contribution in [0.4, 0.5) is 0 Å². The summed E-state index contributed by atoms with van der Waals surface area (Å²) in [5.41, 5.74) is -0.960. The van der Waals surface area contributed by atoms with E-state index in [-0.39, 0.29) is 5.92 Å². The van der Waals surface area contributed by atoms with E-state index in [0.29, 0.717) is 12.8 Å². The van der Waals surface area contributed by atoms with Crippen LogP contribution in [0.25, 0.3) is 0 Å². The number of hydrogen-bond donors (Lipinski definition) is 2. The molecule has 1 atom stereocenters. The molecule has 0 aromatic heterocycles. The van der Waals surface area contributed by atoms with Crippen molar-refractivity contribution in [3.05, 3.63) is 0 Å². The summed E-state index contributed by atoms with van der Waals surface area (Å²) >= 11 is 0. The molecule has 1 aliphatic carbocycles. The summed E-state index contributed by atoms with van der Waals surface area (Å²) in [5.74, 6) is -1.47. The Bertz CT molecular complexity index is 205. The molecule has 0 bridgehead atoms. The summed E-state index contributed by atoms with van der Waals surface area (Å²) in [6, 6.07) is 0. The van der Waals surface area contributed by atoms with Crippen molar-refractivity contribution in [1.29, 1.82) is 0 Å². The molecule has 0 aliphatic heterocycles. The maximum Gasteiger partial charge on any atom is 0.309 e. The van der Waals surface area contributed by atoms with Gasteiger partial charge in [0.2, 0.25) is 0 Å². The summed E-state index contributed by atoms with van der Waals surface area (Å²) in [5, 5.41) is 19.4. The van der Waals surface area contributed by atoms with Crippen LogP contribution in [0.15, 0.2) is 0 Å². The van der Waals surface area contributed by atoms with E-state index in [9.17, 15) is 9.90 Å². The summed E-state index contributed by atoms with van der Waals surface area (Å²) in [7, 11) is 0. The number of aliphatic hydroxyl groups is 1. The van der Waals surface area contributed by atoms with Crippen LogP contribution in [0.5, 0.6) is 0 Å². The van der Waals surface area contributed by atoms with Gasteiger partial charge in [-0.25, -0.2) is 0 Å². The van der Waals surface area contributed by atoms with Crippen LogP contribution >= 0.6 is 0 Å². The molecule has 0 aromatic carbocycles. The van der Waals surface area contributed by atoms with Gasteiger partial charge in [-0.2, -0.15) is 0 Å². The molecule has 0 amide bonds. The molecule has 1 rings (SSSR count). The Morgan fingerprint density at radius 1 is 1.21 bits per heavy atom. The van der Waals surface area contributed by atoms with Crippen molar-refractivity contribution in [2.75, 3.05) is 0 Å². The third kappa shape index (κ3) is 2.27. The van der Waals surface area contributed by atoms with Gasteiger partial charge < -0.3 is 10.2 Å². The molecule has 0 heterocycles. The van der Waals surface area contributed by atoms with Gasteiger partial charge in [-0.1, -0.05) is 33.1 Å². The van der Waals surface area contributed by atoms with Crippen molar-refractivity contribution >= 4 is 5.97 Å². The van der Waals surface area contributed by atoms with Crippen LogP contribution in [-0.2, 0) is 4.79 Å². The number of carbonyl (C=O) groups is 1. The fourth-order valence-electron chi connectivity index (χ4n) is 2.61.